The molecule has 1 N–H and O–H groups in total. The van der Waals surface area contributed by atoms with Gasteiger partial charge in [0.25, 0.3) is 5.91 Å². The summed E-state index contributed by atoms with van der Waals surface area (Å²) in [5.74, 6) is 0.135. The number of nitrogens with zero attached hydrogens (tertiary/aromatic N) is 3. The zero-order chi connectivity index (χ0) is 20.9. The lowest BCUT2D eigenvalue weighted by molar-refractivity contribution is -0.119. The second kappa shape index (κ2) is 8.44. The number of aromatic nitrogens is 3. The van der Waals surface area contributed by atoms with E-state index in [1.165, 1.54) is 4.52 Å². The third-order valence-electron chi connectivity index (χ3n) is 4.21. The molecule has 150 valence electrons. The summed E-state index contributed by atoms with van der Waals surface area (Å²) in [6.45, 7) is 1.25. The molecule has 2 aromatic carbocycles. The van der Waals surface area contributed by atoms with Crippen LogP contribution in [0.4, 0.5) is 5.69 Å². The molecule has 30 heavy (non-hydrogen) atoms. The Morgan fingerprint density at radius 2 is 1.83 bits per heavy atom. The number of nitrogens with one attached hydrogen (secondary N) is 1. The van der Waals surface area contributed by atoms with Crippen LogP contribution in [0.2, 0.25) is 0 Å². The topological polar surface area (TPSA) is 94.8 Å². The Bertz CT molecular complexity index is 1200. The van der Waals surface area contributed by atoms with Crippen molar-refractivity contribution >= 4 is 23.2 Å². The van der Waals surface area contributed by atoms with Gasteiger partial charge in [-0.1, -0.05) is 24.3 Å². The van der Waals surface area contributed by atoms with Gasteiger partial charge in [0, 0.05) is 24.1 Å². The quantitative estimate of drug-likeness (QED) is 0.495. The van der Waals surface area contributed by atoms with Crippen molar-refractivity contribution < 1.29 is 19.1 Å². The number of carbonyl (C=O) groups is 2. The van der Waals surface area contributed by atoms with Crippen molar-refractivity contribution in [3.63, 3.8) is 0 Å². The molecule has 4 aromatic rings. The van der Waals surface area contributed by atoms with Crippen molar-refractivity contribution in [2.75, 3.05) is 11.9 Å². The van der Waals surface area contributed by atoms with Crippen LogP contribution in [-0.4, -0.2) is 33.1 Å². The van der Waals surface area contributed by atoms with Gasteiger partial charge in [-0.15, -0.1) is 0 Å². The Kier molecular flexibility index (Phi) is 5.38. The monoisotopic (exact) mass is 402 g/mol. The van der Waals surface area contributed by atoms with Gasteiger partial charge in [-0.25, -0.2) is 14.3 Å². The number of ether oxygens (including phenoxy) is 2. The maximum Gasteiger partial charge on any atom is 0.344 e. The molecule has 0 fully saturated rings. The Labute approximate surface area is 172 Å². The van der Waals surface area contributed by atoms with E-state index in [1.54, 1.807) is 49.6 Å². The van der Waals surface area contributed by atoms with Crippen molar-refractivity contribution in [2.24, 2.45) is 0 Å². The normalized spacial score (nSPS) is 10.6. The van der Waals surface area contributed by atoms with Gasteiger partial charge in [-0.2, -0.15) is 5.10 Å². The van der Waals surface area contributed by atoms with Crippen LogP contribution >= 0.6 is 0 Å². The Morgan fingerprint density at radius 1 is 1.03 bits per heavy atom. The number of amides is 1. The average Bonchev–Trinajstić information content (AvgIpc) is 3.09. The van der Waals surface area contributed by atoms with Gasteiger partial charge < -0.3 is 14.8 Å². The van der Waals surface area contributed by atoms with E-state index in [-0.39, 0.29) is 5.56 Å². The fourth-order valence-electron chi connectivity index (χ4n) is 2.90. The fraction of sp³-hybridized carbons (Fsp3) is 0.0909. The second-order valence-corrected chi connectivity index (χ2v) is 6.42. The predicted octanol–water partition coefficient (Wildman–Crippen LogP) is 3.63. The first-order chi connectivity index (χ1) is 14.6. The molecular weight excluding hydrogens is 384 g/mol. The molecule has 0 saturated heterocycles. The first kappa shape index (κ1) is 19.1. The summed E-state index contributed by atoms with van der Waals surface area (Å²) in [6, 6.07) is 18.0. The highest BCUT2D eigenvalue weighted by Gasteiger charge is 2.20. The van der Waals surface area contributed by atoms with E-state index in [4.69, 9.17) is 9.47 Å². The van der Waals surface area contributed by atoms with E-state index in [9.17, 15) is 9.59 Å². The zero-order valence-electron chi connectivity index (χ0n) is 16.1. The highest BCUT2D eigenvalue weighted by Crippen LogP contribution is 2.23. The number of esters is 1. The van der Waals surface area contributed by atoms with E-state index in [0.717, 1.165) is 0 Å². The van der Waals surface area contributed by atoms with Gasteiger partial charge in [0.1, 0.15) is 17.1 Å². The van der Waals surface area contributed by atoms with Crippen LogP contribution in [0.1, 0.15) is 16.1 Å². The van der Waals surface area contributed by atoms with Crippen molar-refractivity contribution in [2.45, 2.75) is 6.92 Å². The average molecular weight is 402 g/mol. The van der Waals surface area contributed by atoms with Crippen LogP contribution < -0.4 is 10.1 Å². The minimum atomic E-state index is -0.655. The Morgan fingerprint density at radius 3 is 2.67 bits per heavy atom. The highest BCUT2D eigenvalue weighted by atomic mass is 16.5. The summed E-state index contributed by atoms with van der Waals surface area (Å²) in [4.78, 5) is 28.8. The molecular formula is C22H18N4O4. The number of carbonyl (C=O) groups excluding carboxylic acids is 2. The van der Waals surface area contributed by atoms with Crippen LogP contribution in [0.15, 0.2) is 73.1 Å². The van der Waals surface area contributed by atoms with E-state index < -0.39 is 18.5 Å². The summed E-state index contributed by atoms with van der Waals surface area (Å²) in [5.41, 5.74) is 1.62. The van der Waals surface area contributed by atoms with Gasteiger partial charge in [-0.05, 0) is 37.3 Å². The minimum Gasteiger partial charge on any atom is -0.457 e. The fourth-order valence-corrected chi connectivity index (χ4v) is 2.90. The van der Waals surface area contributed by atoms with Crippen LogP contribution in [0.3, 0.4) is 0 Å². The number of aryl methyl sites for hydroxylation is 1. The summed E-state index contributed by atoms with van der Waals surface area (Å²) < 4.78 is 12.4. The Hall–Kier alpha value is -4.20. The maximum atomic E-state index is 12.4. The van der Waals surface area contributed by atoms with Gasteiger partial charge in [0.15, 0.2) is 12.3 Å². The van der Waals surface area contributed by atoms with Crippen molar-refractivity contribution in [1.82, 2.24) is 14.6 Å². The summed E-state index contributed by atoms with van der Waals surface area (Å²) in [6.07, 6.45) is 3.24. The van der Waals surface area contributed by atoms with Gasteiger partial charge in [-0.3, -0.25) is 4.79 Å². The van der Waals surface area contributed by atoms with E-state index in [0.29, 0.717) is 28.5 Å². The van der Waals surface area contributed by atoms with Gasteiger partial charge in [0.2, 0.25) is 0 Å². The summed E-state index contributed by atoms with van der Waals surface area (Å²) in [7, 11) is 0. The molecule has 0 aliphatic heterocycles. The molecule has 0 radical (unpaired) electrons. The van der Waals surface area contributed by atoms with Crippen LogP contribution in [-0.2, 0) is 9.53 Å². The Balaban J connectivity index is 1.37. The first-order valence-electron chi connectivity index (χ1n) is 9.20. The van der Waals surface area contributed by atoms with Crippen LogP contribution in [0.5, 0.6) is 11.5 Å². The number of hydrogen-bond donors (Lipinski definition) is 1. The molecule has 0 saturated carbocycles. The number of rotatable bonds is 6. The predicted molar refractivity (Wildman–Crippen MR) is 110 cm³/mol. The van der Waals surface area contributed by atoms with Crippen molar-refractivity contribution in [3.8, 4) is 11.5 Å². The van der Waals surface area contributed by atoms with Crippen LogP contribution in [0.25, 0.3) is 5.65 Å². The lowest BCUT2D eigenvalue weighted by Gasteiger charge is -2.09. The lowest BCUT2D eigenvalue weighted by atomic mass is 10.2. The lowest BCUT2D eigenvalue weighted by Crippen LogP contribution is -2.21. The third kappa shape index (κ3) is 4.27. The van der Waals surface area contributed by atoms with Gasteiger partial charge in [0.05, 0.1) is 5.69 Å². The number of benzene rings is 2. The molecule has 0 bridgehead atoms. The van der Waals surface area contributed by atoms with Crippen molar-refractivity contribution in [1.29, 1.82) is 0 Å². The summed E-state index contributed by atoms with van der Waals surface area (Å²) in [5, 5.41) is 6.90. The van der Waals surface area contributed by atoms with Crippen LogP contribution in [0, 0.1) is 6.92 Å². The molecule has 2 aromatic heterocycles. The van der Waals surface area contributed by atoms with E-state index in [2.05, 4.69) is 15.4 Å². The third-order valence-corrected chi connectivity index (χ3v) is 4.21. The zero-order valence-corrected chi connectivity index (χ0v) is 16.1. The number of para-hydroxylation sites is 1. The molecule has 0 unspecified atom stereocenters. The molecule has 1 amide bonds. The van der Waals surface area contributed by atoms with Crippen molar-refractivity contribution in [3.05, 3.63) is 84.3 Å². The smallest absolute Gasteiger partial charge is 0.344 e. The highest BCUT2D eigenvalue weighted by molar-refractivity contribution is 5.99. The molecule has 0 aliphatic carbocycles. The molecule has 0 spiro atoms. The standard InChI is InChI=1S/C22H18N4O4/c1-15-20(21-23-11-6-12-26(21)25-15)22(28)29-14-19(27)24-16-7-5-10-18(13-16)30-17-8-3-2-4-9-17/h2-13H,14H2,1H3,(H,24,27). The number of anilines is 1. The molecule has 8 heteroatoms. The second-order valence-electron chi connectivity index (χ2n) is 6.42. The maximum absolute atomic E-state index is 12.4. The number of fused-ring (bicyclic) bond motifs is 1. The minimum absolute atomic E-state index is 0.238. The van der Waals surface area contributed by atoms with Gasteiger partial charge >= 0.3 is 5.97 Å². The molecule has 4 rings (SSSR count). The molecule has 2 heterocycles. The largest absolute Gasteiger partial charge is 0.457 e. The summed E-state index contributed by atoms with van der Waals surface area (Å²) >= 11 is 0. The molecule has 0 aliphatic rings. The number of hydrogen-bond acceptors (Lipinski definition) is 6. The van der Waals surface area contributed by atoms with E-state index in [1.807, 2.05) is 30.3 Å². The molecule has 0 atom stereocenters. The first-order valence-corrected chi connectivity index (χ1v) is 9.20. The van der Waals surface area contributed by atoms with E-state index >= 15 is 0 Å². The SMILES string of the molecule is Cc1nn2cccnc2c1C(=O)OCC(=O)Nc1cccc(Oc2ccccc2)c1. The molecule has 8 nitrogen and oxygen atoms in total.